The molecule has 1 saturated heterocycles. The summed E-state index contributed by atoms with van der Waals surface area (Å²) in [5.41, 5.74) is 2.06. The number of carbonyl (C=O) groups is 1. The van der Waals surface area contributed by atoms with Gasteiger partial charge in [0.05, 0.1) is 13.0 Å². The third-order valence-electron chi connectivity index (χ3n) is 3.90. The second kappa shape index (κ2) is 5.70. The molecule has 0 saturated carbocycles. The van der Waals surface area contributed by atoms with E-state index in [0.29, 0.717) is 13.1 Å². The molecule has 1 aliphatic rings. The molecule has 0 bridgehead atoms. The van der Waals surface area contributed by atoms with Gasteiger partial charge >= 0.3 is 5.97 Å². The van der Waals surface area contributed by atoms with E-state index in [1.165, 1.54) is 13.2 Å². The van der Waals surface area contributed by atoms with Crippen molar-refractivity contribution in [2.75, 3.05) is 20.2 Å². The zero-order valence-corrected chi connectivity index (χ0v) is 11.6. The molecule has 0 spiro atoms. The van der Waals surface area contributed by atoms with Crippen LogP contribution in [0.25, 0.3) is 0 Å². The van der Waals surface area contributed by atoms with Gasteiger partial charge in [0.15, 0.2) is 0 Å². The SMILES string of the molecule is COC(=O)C1CN(Cc2cc(F)ccc2C)CC1C. The van der Waals surface area contributed by atoms with Gasteiger partial charge in [-0.15, -0.1) is 0 Å². The van der Waals surface area contributed by atoms with Gasteiger partial charge in [-0.05, 0) is 36.1 Å². The number of ether oxygens (including phenoxy) is 1. The van der Waals surface area contributed by atoms with Crippen LogP contribution in [0.2, 0.25) is 0 Å². The highest BCUT2D eigenvalue weighted by molar-refractivity contribution is 5.73. The number of halogens is 1. The average Bonchev–Trinajstić information content (AvgIpc) is 2.74. The molecule has 3 nitrogen and oxygen atoms in total. The second-order valence-corrected chi connectivity index (χ2v) is 5.37. The van der Waals surface area contributed by atoms with Crippen LogP contribution in [0.5, 0.6) is 0 Å². The van der Waals surface area contributed by atoms with Crippen molar-refractivity contribution in [1.29, 1.82) is 0 Å². The highest BCUT2D eigenvalue weighted by atomic mass is 19.1. The van der Waals surface area contributed by atoms with Gasteiger partial charge in [0, 0.05) is 19.6 Å². The van der Waals surface area contributed by atoms with Crippen LogP contribution < -0.4 is 0 Å². The zero-order chi connectivity index (χ0) is 14.0. The molecule has 4 heteroatoms. The first-order valence-electron chi connectivity index (χ1n) is 6.56. The van der Waals surface area contributed by atoms with E-state index in [1.54, 1.807) is 12.1 Å². The molecular weight excluding hydrogens is 245 g/mol. The number of hydrogen-bond acceptors (Lipinski definition) is 3. The molecule has 2 rings (SSSR count). The molecule has 1 aromatic rings. The summed E-state index contributed by atoms with van der Waals surface area (Å²) in [5.74, 6) is -0.150. The van der Waals surface area contributed by atoms with Gasteiger partial charge in [-0.3, -0.25) is 9.69 Å². The normalized spacial score (nSPS) is 23.6. The van der Waals surface area contributed by atoms with Crippen LogP contribution in [0.15, 0.2) is 18.2 Å². The molecule has 2 unspecified atom stereocenters. The lowest BCUT2D eigenvalue weighted by Gasteiger charge is -2.17. The van der Waals surface area contributed by atoms with Crippen molar-refractivity contribution in [3.05, 3.63) is 35.1 Å². The van der Waals surface area contributed by atoms with Crippen LogP contribution in [0.4, 0.5) is 4.39 Å². The lowest BCUT2D eigenvalue weighted by atomic mass is 9.99. The number of methoxy groups -OCH3 is 1. The molecule has 2 atom stereocenters. The van der Waals surface area contributed by atoms with E-state index in [-0.39, 0.29) is 23.6 Å². The third-order valence-corrected chi connectivity index (χ3v) is 3.90. The van der Waals surface area contributed by atoms with Crippen molar-refractivity contribution >= 4 is 5.97 Å². The lowest BCUT2D eigenvalue weighted by molar-refractivity contribution is -0.146. The molecule has 1 aromatic carbocycles. The monoisotopic (exact) mass is 265 g/mol. The van der Waals surface area contributed by atoms with Crippen LogP contribution in [-0.4, -0.2) is 31.1 Å². The number of aryl methyl sites for hydroxylation is 1. The van der Waals surface area contributed by atoms with E-state index in [0.717, 1.165) is 17.7 Å². The van der Waals surface area contributed by atoms with Gasteiger partial charge in [-0.25, -0.2) is 4.39 Å². The average molecular weight is 265 g/mol. The van der Waals surface area contributed by atoms with Gasteiger partial charge in [0.2, 0.25) is 0 Å². The molecule has 1 fully saturated rings. The first-order valence-corrected chi connectivity index (χ1v) is 6.56. The fourth-order valence-corrected chi connectivity index (χ4v) is 2.71. The number of carbonyl (C=O) groups excluding carboxylic acids is 1. The van der Waals surface area contributed by atoms with Crippen LogP contribution in [0.3, 0.4) is 0 Å². The molecule has 0 N–H and O–H groups in total. The summed E-state index contributed by atoms with van der Waals surface area (Å²) in [6.45, 7) is 6.24. The standard InChI is InChI=1S/C15H20FNO2/c1-10-4-5-13(16)6-12(10)8-17-7-11(2)14(9-17)15(18)19-3/h4-6,11,14H,7-9H2,1-3H3. The third kappa shape index (κ3) is 3.13. The maximum absolute atomic E-state index is 13.3. The Balaban J connectivity index is 2.05. The van der Waals surface area contributed by atoms with Crippen molar-refractivity contribution in [3.63, 3.8) is 0 Å². The highest BCUT2D eigenvalue weighted by Gasteiger charge is 2.35. The Morgan fingerprint density at radius 1 is 1.47 bits per heavy atom. The van der Waals surface area contributed by atoms with Crippen molar-refractivity contribution in [2.45, 2.75) is 20.4 Å². The Morgan fingerprint density at radius 3 is 2.89 bits per heavy atom. The Hall–Kier alpha value is -1.42. The molecule has 0 aliphatic carbocycles. The predicted molar refractivity (Wildman–Crippen MR) is 71.1 cm³/mol. The van der Waals surface area contributed by atoms with E-state index in [1.807, 2.05) is 6.92 Å². The summed E-state index contributed by atoms with van der Waals surface area (Å²) < 4.78 is 18.1. The lowest BCUT2D eigenvalue weighted by Crippen LogP contribution is -2.24. The highest BCUT2D eigenvalue weighted by Crippen LogP contribution is 2.26. The van der Waals surface area contributed by atoms with Crippen molar-refractivity contribution < 1.29 is 13.9 Å². The summed E-state index contributed by atoms with van der Waals surface area (Å²) >= 11 is 0. The number of likely N-dealkylation sites (tertiary alicyclic amines) is 1. The molecule has 0 amide bonds. The molecule has 0 aromatic heterocycles. The maximum Gasteiger partial charge on any atom is 0.310 e. The Bertz CT molecular complexity index is 475. The largest absolute Gasteiger partial charge is 0.469 e. The van der Waals surface area contributed by atoms with E-state index >= 15 is 0 Å². The van der Waals surface area contributed by atoms with Crippen LogP contribution in [0.1, 0.15) is 18.1 Å². The summed E-state index contributed by atoms with van der Waals surface area (Å²) in [6.07, 6.45) is 0. The molecule has 19 heavy (non-hydrogen) atoms. The Labute approximate surface area is 113 Å². The van der Waals surface area contributed by atoms with Gasteiger partial charge in [0.25, 0.3) is 0 Å². The van der Waals surface area contributed by atoms with E-state index in [9.17, 15) is 9.18 Å². The fourth-order valence-electron chi connectivity index (χ4n) is 2.71. The number of nitrogens with zero attached hydrogens (tertiary/aromatic N) is 1. The quantitative estimate of drug-likeness (QED) is 0.786. The molecule has 104 valence electrons. The van der Waals surface area contributed by atoms with Gasteiger partial charge in [-0.2, -0.15) is 0 Å². The van der Waals surface area contributed by atoms with Crippen LogP contribution >= 0.6 is 0 Å². The Kier molecular flexibility index (Phi) is 4.20. The maximum atomic E-state index is 13.3. The zero-order valence-electron chi connectivity index (χ0n) is 11.6. The van der Waals surface area contributed by atoms with Crippen LogP contribution in [-0.2, 0) is 16.1 Å². The molecular formula is C15H20FNO2. The van der Waals surface area contributed by atoms with Gasteiger partial charge < -0.3 is 4.74 Å². The topological polar surface area (TPSA) is 29.5 Å². The van der Waals surface area contributed by atoms with Crippen LogP contribution in [0, 0.1) is 24.6 Å². The minimum atomic E-state index is -0.211. The Morgan fingerprint density at radius 2 is 2.21 bits per heavy atom. The second-order valence-electron chi connectivity index (χ2n) is 5.37. The van der Waals surface area contributed by atoms with E-state index < -0.39 is 0 Å². The van der Waals surface area contributed by atoms with Crippen molar-refractivity contribution in [2.24, 2.45) is 11.8 Å². The smallest absolute Gasteiger partial charge is 0.310 e. The van der Waals surface area contributed by atoms with E-state index in [4.69, 9.17) is 4.74 Å². The summed E-state index contributed by atoms with van der Waals surface area (Å²) in [5, 5.41) is 0. The number of hydrogen-bond donors (Lipinski definition) is 0. The van der Waals surface area contributed by atoms with Crippen molar-refractivity contribution in [3.8, 4) is 0 Å². The first-order chi connectivity index (χ1) is 9.01. The predicted octanol–water partition coefficient (Wildman–Crippen LogP) is 2.38. The van der Waals surface area contributed by atoms with E-state index in [2.05, 4.69) is 11.8 Å². The number of esters is 1. The summed E-state index contributed by atoms with van der Waals surface area (Å²) in [7, 11) is 1.43. The molecule has 0 radical (unpaired) electrons. The molecule has 1 heterocycles. The summed E-state index contributed by atoms with van der Waals surface area (Å²) in [6, 6.07) is 4.84. The minimum absolute atomic E-state index is 0.0705. The van der Waals surface area contributed by atoms with Crippen molar-refractivity contribution in [1.82, 2.24) is 4.90 Å². The minimum Gasteiger partial charge on any atom is -0.469 e. The van der Waals surface area contributed by atoms with Gasteiger partial charge in [0.1, 0.15) is 5.82 Å². The molecule has 1 aliphatic heterocycles. The number of rotatable bonds is 3. The number of benzene rings is 1. The fraction of sp³-hybridized carbons (Fsp3) is 0.533. The first kappa shape index (κ1) is 14.0. The van der Waals surface area contributed by atoms with Gasteiger partial charge in [-0.1, -0.05) is 13.0 Å². The summed E-state index contributed by atoms with van der Waals surface area (Å²) in [4.78, 5) is 13.8.